The Hall–Kier alpha value is -8.16. The van der Waals surface area contributed by atoms with Crippen molar-refractivity contribution in [1.29, 1.82) is 0 Å². The van der Waals surface area contributed by atoms with Gasteiger partial charge < -0.3 is 55.5 Å². The molecule has 69 heavy (non-hydrogen) atoms. The maximum Gasteiger partial charge on any atom is 0.356 e. The Morgan fingerprint density at radius 1 is 0.652 bits per heavy atom. The molecule has 6 N–H and O–H groups in total. The third-order valence-electron chi connectivity index (χ3n) is 10.6. The van der Waals surface area contributed by atoms with Gasteiger partial charge in [0.1, 0.15) is 16.7 Å². The first-order chi connectivity index (χ1) is 33.6. The zero-order valence-electron chi connectivity index (χ0n) is 37.6. The molecule has 8 heterocycles. The molecule has 356 valence electrons. The zero-order chi connectivity index (χ0) is 48.3. The average molecular weight is 975 g/mol. The summed E-state index contributed by atoms with van der Waals surface area (Å²) in [6.07, 6.45) is 10.2. The first-order valence-electron chi connectivity index (χ1n) is 21.1. The van der Waals surface area contributed by atoms with E-state index in [0.717, 1.165) is 52.5 Å². The number of fused-ring (bicyclic) bond motifs is 2. The summed E-state index contributed by atoms with van der Waals surface area (Å²) in [7, 11) is 6.41. The van der Waals surface area contributed by atoms with E-state index in [1.807, 2.05) is 36.4 Å². The van der Waals surface area contributed by atoms with Crippen LogP contribution in [-0.2, 0) is 0 Å². The van der Waals surface area contributed by atoms with Crippen molar-refractivity contribution in [3.05, 3.63) is 96.0 Å². The molecule has 2 fully saturated rings. The Bertz CT molecular complexity index is 3020. The van der Waals surface area contributed by atoms with Crippen LogP contribution in [0.2, 0.25) is 0 Å². The molecule has 2 saturated heterocycles. The number of carboxylic acid groups (broad SMARTS) is 1. The van der Waals surface area contributed by atoms with Crippen LogP contribution in [0.15, 0.2) is 84.6 Å². The topological polar surface area (TPSA) is 289 Å². The molecular weight excluding hydrogens is 929 g/mol. The summed E-state index contributed by atoms with van der Waals surface area (Å²) in [6.45, 7) is 2.93. The number of amides is 1. The number of anilines is 6. The van der Waals surface area contributed by atoms with E-state index in [2.05, 4.69) is 60.6 Å². The van der Waals surface area contributed by atoms with Crippen molar-refractivity contribution in [1.82, 2.24) is 55.2 Å². The summed E-state index contributed by atoms with van der Waals surface area (Å²) in [4.78, 5) is 71.1. The summed E-state index contributed by atoms with van der Waals surface area (Å²) in [6, 6.07) is 11.3. The number of nitrogens with two attached hydrogens (primary N) is 1. The van der Waals surface area contributed by atoms with Gasteiger partial charge in [-0.1, -0.05) is 0 Å². The largest absolute Gasteiger partial charge is 0.493 e. The fraction of sp³-hybridized carbons (Fsp3) is 0.273. The molecule has 0 radical (unpaired) electrons. The molecule has 0 aliphatic carbocycles. The van der Waals surface area contributed by atoms with E-state index in [-0.39, 0.29) is 23.7 Å². The van der Waals surface area contributed by atoms with Gasteiger partial charge in [-0.3, -0.25) is 14.8 Å². The number of nitrogens with one attached hydrogen (secondary N) is 3. The van der Waals surface area contributed by atoms with Gasteiger partial charge in [0.25, 0.3) is 5.91 Å². The highest BCUT2D eigenvalue weighted by molar-refractivity contribution is 7.16. The highest BCUT2D eigenvalue weighted by atomic mass is 32.1. The average Bonchev–Trinajstić information content (AvgIpc) is 4.24. The lowest BCUT2D eigenvalue weighted by Crippen LogP contribution is -2.37. The molecule has 2 atom stereocenters. The van der Waals surface area contributed by atoms with Crippen LogP contribution >= 0.6 is 22.7 Å². The number of thiazole rings is 2. The molecule has 2 aromatic carbocycles. The van der Waals surface area contributed by atoms with Crippen molar-refractivity contribution in [2.24, 2.45) is 5.73 Å². The molecular formula is C44H46N16O7S2. The first-order valence-corrected chi connectivity index (χ1v) is 22.9. The van der Waals surface area contributed by atoms with Crippen LogP contribution in [0, 0.1) is 0 Å². The molecule has 2 unspecified atom stereocenters. The molecule has 0 saturated carbocycles. The van der Waals surface area contributed by atoms with Crippen molar-refractivity contribution in [3.63, 3.8) is 0 Å². The van der Waals surface area contributed by atoms with Crippen molar-refractivity contribution in [3.8, 4) is 23.0 Å². The van der Waals surface area contributed by atoms with Crippen LogP contribution in [-0.4, -0.2) is 134 Å². The van der Waals surface area contributed by atoms with Gasteiger partial charge >= 0.3 is 5.97 Å². The van der Waals surface area contributed by atoms with Gasteiger partial charge in [0.2, 0.25) is 11.9 Å². The Balaban J connectivity index is 0.000000161. The number of carbonyl (C=O) groups excluding carboxylic acids is 1. The second-order valence-corrected chi connectivity index (χ2v) is 16.7. The number of aromatic nitrogens is 10. The normalized spacial score (nSPS) is 15.1. The van der Waals surface area contributed by atoms with Crippen LogP contribution in [0.4, 0.5) is 34.9 Å². The summed E-state index contributed by atoms with van der Waals surface area (Å²) < 4.78 is 21.4. The van der Waals surface area contributed by atoms with Crippen LogP contribution < -0.4 is 50.4 Å². The number of benzene rings is 2. The van der Waals surface area contributed by atoms with E-state index in [9.17, 15) is 9.59 Å². The predicted octanol–water partition coefficient (Wildman–Crippen LogP) is 5.21. The third kappa shape index (κ3) is 11.5. The number of nitrogens with zero attached hydrogens (tertiary/aromatic N) is 12. The summed E-state index contributed by atoms with van der Waals surface area (Å²) >= 11 is 2.94. The number of rotatable bonds is 13. The lowest BCUT2D eigenvalue weighted by Gasteiger charge is -2.18. The predicted molar refractivity (Wildman–Crippen MR) is 260 cm³/mol. The summed E-state index contributed by atoms with van der Waals surface area (Å²) in [5, 5.41) is 18.0. The van der Waals surface area contributed by atoms with Crippen LogP contribution in [0.25, 0.3) is 20.7 Å². The Morgan fingerprint density at radius 3 is 1.61 bits per heavy atom. The molecule has 1 amide bonds. The number of hydrogen-bond donors (Lipinski definition) is 5. The number of ether oxygens (including phenoxy) is 4. The lowest BCUT2D eigenvalue weighted by molar-refractivity contribution is 0.0689. The van der Waals surface area contributed by atoms with E-state index in [1.165, 1.54) is 59.9 Å². The quantitative estimate of drug-likeness (QED) is 0.0991. The molecule has 2 aliphatic rings. The third-order valence-corrected chi connectivity index (χ3v) is 12.0. The zero-order valence-corrected chi connectivity index (χ0v) is 39.3. The molecule has 8 aromatic rings. The van der Waals surface area contributed by atoms with Crippen molar-refractivity contribution < 1.29 is 33.6 Å². The monoisotopic (exact) mass is 974 g/mol. The van der Waals surface area contributed by atoms with Crippen molar-refractivity contribution >= 4 is 90.2 Å². The van der Waals surface area contributed by atoms with Gasteiger partial charge in [-0.05, 0) is 37.1 Å². The van der Waals surface area contributed by atoms with E-state index in [1.54, 1.807) is 39.5 Å². The Morgan fingerprint density at radius 2 is 1.16 bits per heavy atom. The van der Waals surface area contributed by atoms with Gasteiger partial charge in [-0.25, -0.2) is 24.7 Å². The minimum Gasteiger partial charge on any atom is -0.493 e. The Labute approximate surface area is 402 Å². The van der Waals surface area contributed by atoms with E-state index >= 15 is 0 Å². The molecule has 6 aromatic heterocycles. The maximum atomic E-state index is 12.4. The highest BCUT2D eigenvalue weighted by Gasteiger charge is 2.28. The van der Waals surface area contributed by atoms with E-state index in [4.69, 9.17) is 44.7 Å². The number of aromatic carboxylic acids is 1. The number of hydrogen-bond acceptors (Lipinski definition) is 23. The first kappa shape index (κ1) is 47.3. The minimum absolute atomic E-state index is 0.0301. The highest BCUT2D eigenvalue weighted by Crippen LogP contribution is 2.35. The summed E-state index contributed by atoms with van der Waals surface area (Å²) in [5.74, 6) is 3.79. The lowest BCUT2D eigenvalue weighted by atomic mass is 10.2. The smallest absolute Gasteiger partial charge is 0.356 e. The molecule has 0 spiro atoms. The van der Waals surface area contributed by atoms with Crippen LogP contribution in [0.3, 0.4) is 0 Å². The standard InChI is InChI=1S/C22H22N8O3S.C17H20N6O2S.C5H4N2O2/c1-32-16-4-3-13(9-17(16)33-2)26-19-18-21(34-12-25-18)29-22(28-19)30-8-5-14(11-30)27-20(31)15-10-23-6-7-24-15;1-24-12-4-3-11(7-13(12)25-2)20-15-14-16(26-9-19-14)22-17(21-15)23-6-5-10(18)8-23;8-5(9)4-3-6-1-2-7-4/h3-4,6-7,9-10,12,14H,5,8,11H2,1-2H3,(H,27,31)(H,26,28,29);3-4,7,9-10H,5-6,8,18H2,1-2H3,(H,20,21,22);1-3H,(H,8,9). The van der Waals surface area contributed by atoms with Crippen molar-refractivity contribution in [2.45, 2.75) is 24.9 Å². The number of carboxylic acids is 1. The van der Waals surface area contributed by atoms with Crippen molar-refractivity contribution in [2.75, 3.05) is 75.1 Å². The molecule has 2 aliphatic heterocycles. The van der Waals surface area contributed by atoms with Gasteiger partial charge in [0.05, 0.1) is 51.9 Å². The number of carbonyl (C=O) groups is 2. The molecule has 23 nitrogen and oxygen atoms in total. The minimum atomic E-state index is -1.05. The van der Waals surface area contributed by atoms with Crippen LogP contribution in [0.1, 0.15) is 33.8 Å². The van der Waals surface area contributed by atoms with Gasteiger partial charge in [0.15, 0.2) is 50.0 Å². The fourth-order valence-corrected chi connectivity index (χ4v) is 8.48. The van der Waals surface area contributed by atoms with Gasteiger partial charge in [0, 0.05) is 86.6 Å². The van der Waals surface area contributed by atoms with Crippen LogP contribution in [0.5, 0.6) is 23.0 Å². The number of methoxy groups -OCH3 is 4. The molecule has 0 bridgehead atoms. The second-order valence-electron chi connectivity index (χ2n) is 15.0. The maximum absolute atomic E-state index is 12.4. The fourth-order valence-electron chi connectivity index (χ4n) is 7.17. The van der Waals surface area contributed by atoms with E-state index in [0.29, 0.717) is 70.8 Å². The van der Waals surface area contributed by atoms with Gasteiger partial charge in [-0.2, -0.15) is 19.9 Å². The van der Waals surface area contributed by atoms with Gasteiger partial charge in [-0.15, -0.1) is 22.7 Å². The summed E-state index contributed by atoms with van der Waals surface area (Å²) in [5.41, 5.74) is 12.9. The van der Waals surface area contributed by atoms with E-state index < -0.39 is 5.97 Å². The molecule has 10 rings (SSSR count). The second kappa shape index (κ2) is 22.1. The SMILES string of the molecule is COc1ccc(Nc2nc(N3CCC(N)C3)nc3scnc23)cc1OC.COc1ccc(Nc2nc(N3CCC(NC(=O)c4cnccn4)C3)nc3scnc23)cc1OC.O=C(O)c1cnccn1. The molecule has 25 heteroatoms. The Kier molecular flexibility index (Phi) is 15.2.